The summed E-state index contributed by atoms with van der Waals surface area (Å²) in [5.74, 6) is 3.22. The third-order valence-electron chi connectivity index (χ3n) is 10.5. The summed E-state index contributed by atoms with van der Waals surface area (Å²) in [5.41, 5.74) is 9.34. The predicted octanol–water partition coefficient (Wildman–Crippen LogP) is 5.49. The number of hydrogen-bond acceptors (Lipinski definition) is 7. The van der Waals surface area contributed by atoms with Gasteiger partial charge < -0.3 is 11.1 Å². The van der Waals surface area contributed by atoms with E-state index < -0.39 is 0 Å². The van der Waals surface area contributed by atoms with Crippen molar-refractivity contribution in [3.63, 3.8) is 0 Å². The summed E-state index contributed by atoms with van der Waals surface area (Å²) >= 11 is 2.11. The molecule has 0 radical (unpaired) electrons. The van der Waals surface area contributed by atoms with Gasteiger partial charge in [0.25, 0.3) is 0 Å². The molecule has 0 spiro atoms. The van der Waals surface area contributed by atoms with Crippen molar-refractivity contribution in [3.8, 4) is 0 Å². The molecule has 7 nitrogen and oxygen atoms in total. The molecule has 4 aliphatic rings. The van der Waals surface area contributed by atoms with Gasteiger partial charge in [-0.25, -0.2) is 0 Å². The Morgan fingerprint density at radius 2 is 1.71 bits per heavy atom. The fraction of sp³-hybridized carbons (Fsp3) is 0.853. The van der Waals surface area contributed by atoms with Gasteiger partial charge in [-0.1, -0.05) is 57.4 Å². The maximum atomic E-state index is 12.9. The number of hydrogen-bond donors (Lipinski definition) is 6. The first-order valence-electron chi connectivity index (χ1n) is 17.3. The second kappa shape index (κ2) is 17.6. The van der Waals surface area contributed by atoms with Crippen molar-refractivity contribution >= 4 is 17.7 Å². The van der Waals surface area contributed by atoms with E-state index in [0.717, 1.165) is 76.2 Å². The standard InChI is InChI=1S/C34H62N6OS/c1-5-6-7-20-42-30-21-29(15-10-25(30)4)38-32-22-31(39-34(35)40-32)37-28-16-13-27(14-17-28)33(41)36-19-18-26-11-8-23(2)24(3)9-12-26/h11,23-24,27-32,34,37-40H,4-10,12-22,35H2,1-3H3,(H,36,41). The Kier molecular flexibility index (Phi) is 14.2. The van der Waals surface area contributed by atoms with Crippen LogP contribution in [0.5, 0.6) is 0 Å². The highest BCUT2D eigenvalue weighted by Crippen LogP contribution is 2.33. The van der Waals surface area contributed by atoms with Gasteiger partial charge in [-0.05, 0) is 94.6 Å². The van der Waals surface area contributed by atoms with Crippen LogP contribution in [-0.4, -0.2) is 54.2 Å². The van der Waals surface area contributed by atoms with Gasteiger partial charge in [0.2, 0.25) is 5.91 Å². The van der Waals surface area contributed by atoms with Crippen LogP contribution in [0.2, 0.25) is 0 Å². The lowest BCUT2D eigenvalue weighted by Gasteiger charge is -2.42. The third-order valence-corrected chi connectivity index (χ3v) is 11.9. The summed E-state index contributed by atoms with van der Waals surface area (Å²) in [7, 11) is 0. The first-order chi connectivity index (χ1) is 20.3. The number of amides is 1. The zero-order valence-corrected chi connectivity index (χ0v) is 27.7. The second-order valence-electron chi connectivity index (χ2n) is 13.9. The first-order valence-corrected chi connectivity index (χ1v) is 18.4. The number of allylic oxidation sites excluding steroid dienone is 1. The largest absolute Gasteiger partial charge is 0.356 e. The molecule has 1 saturated heterocycles. The van der Waals surface area contributed by atoms with Crippen LogP contribution in [0.4, 0.5) is 0 Å². The third kappa shape index (κ3) is 10.9. The van der Waals surface area contributed by atoms with Gasteiger partial charge in [-0.15, -0.1) is 0 Å². The van der Waals surface area contributed by atoms with E-state index in [4.69, 9.17) is 5.73 Å². The number of carbonyl (C=O) groups excluding carboxylic acids is 1. The Morgan fingerprint density at radius 1 is 0.976 bits per heavy atom. The minimum atomic E-state index is -0.233. The highest BCUT2D eigenvalue weighted by Gasteiger charge is 2.33. The van der Waals surface area contributed by atoms with Gasteiger partial charge in [0.15, 0.2) is 0 Å². The van der Waals surface area contributed by atoms with Gasteiger partial charge in [-0.2, -0.15) is 11.8 Å². The highest BCUT2D eigenvalue weighted by atomic mass is 32.2. The Hall–Kier alpha value is -0.900. The van der Waals surface area contributed by atoms with Gasteiger partial charge >= 0.3 is 0 Å². The molecule has 7 unspecified atom stereocenters. The van der Waals surface area contributed by atoms with Crippen molar-refractivity contribution < 1.29 is 4.79 Å². The fourth-order valence-corrected chi connectivity index (χ4v) is 8.63. The van der Waals surface area contributed by atoms with Crippen LogP contribution in [-0.2, 0) is 4.79 Å². The average molecular weight is 603 g/mol. The van der Waals surface area contributed by atoms with Gasteiger partial charge in [0.1, 0.15) is 6.29 Å². The van der Waals surface area contributed by atoms with Crippen molar-refractivity contribution in [1.29, 1.82) is 0 Å². The van der Waals surface area contributed by atoms with Crippen molar-refractivity contribution in [3.05, 3.63) is 23.8 Å². The molecule has 42 heavy (non-hydrogen) atoms. The molecule has 7 N–H and O–H groups in total. The zero-order valence-electron chi connectivity index (χ0n) is 26.9. The number of nitrogens with two attached hydrogens (primary N) is 1. The monoisotopic (exact) mass is 602 g/mol. The van der Waals surface area contributed by atoms with E-state index in [1.165, 1.54) is 55.4 Å². The van der Waals surface area contributed by atoms with Crippen LogP contribution in [0.1, 0.15) is 117 Å². The molecule has 3 fully saturated rings. The van der Waals surface area contributed by atoms with Crippen molar-refractivity contribution in [1.82, 2.24) is 26.6 Å². The normalized spacial score (nSPS) is 36.2. The van der Waals surface area contributed by atoms with E-state index in [0.29, 0.717) is 17.3 Å². The Morgan fingerprint density at radius 3 is 2.45 bits per heavy atom. The molecule has 1 aliphatic heterocycles. The van der Waals surface area contributed by atoms with Crippen LogP contribution in [0.25, 0.3) is 0 Å². The summed E-state index contributed by atoms with van der Waals surface area (Å²) in [5, 5.41) is 18.6. The molecule has 240 valence electrons. The lowest BCUT2D eigenvalue weighted by atomic mass is 9.85. The molecular weight excluding hydrogens is 540 g/mol. The molecule has 8 heteroatoms. The number of nitrogens with one attached hydrogen (secondary N) is 5. The smallest absolute Gasteiger partial charge is 0.223 e. The van der Waals surface area contributed by atoms with E-state index in [-0.39, 0.29) is 30.4 Å². The van der Waals surface area contributed by atoms with Gasteiger partial charge in [0, 0.05) is 36.2 Å². The summed E-state index contributed by atoms with van der Waals surface area (Å²) in [4.78, 5) is 12.9. The number of rotatable bonds is 13. The van der Waals surface area contributed by atoms with E-state index in [9.17, 15) is 4.79 Å². The lowest BCUT2D eigenvalue weighted by Crippen LogP contribution is -2.70. The molecule has 0 aromatic heterocycles. The van der Waals surface area contributed by atoms with Crippen molar-refractivity contribution in [2.45, 2.75) is 153 Å². The number of thioether (sulfide) groups is 1. The van der Waals surface area contributed by atoms with Crippen LogP contribution in [0.3, 0.4) is 0 Å². The molecule has 7 atom stereocenters. The van der Waals surface area contributed by atoms with Crippen molar-refractivity contribution in [2.75, 3.05) is 12.3 Å². The Bertz CT molecular complexity index is 874. The molecule has 1 heterocycles. The van der Waals surface area contributed by atoms with Crippen molar-refractivity contribution in [2.24, 2.45) is 23.5 Å². The maximum absolute atomic E-state index is 12.9. The van der Waals surface area contributed by atoms with Gasteiger partial charge in [-0.3, -0.25) is 26.1 Å². The molecular formula is C34H62N6OS. The van der Waals surface area contributed by atoms with E-state index in [2.05, 4.69) is 71.8 Å². The predicted molar refractivity (Wildman–Crippen MR) is 179 cm³/mol. The minimum Gasteiger partial charge on any atom is -0.356 e. The first kappa shape index (κ1) is 34.0. The quantitative estimate of drug-likeness (QED) is 0.122. The molecule has 4 rings (SSSR count). The highest BCUT2D eigenvalue weighted by molar-refractivity contribution is 8.00. The Balaban J connectivity index is 1.13. The van der Waals surface area contributed by atoms with Crippen LogP contribution >= 0.6 is 11.8 Å². The van der Waals surface area contributed by atoms with E-state index in [1.54, 1.807) is 0 Å². The molecule has 0 aromatic carbocycles. The van der Waals surface area contributed by atoms with Crippen LogP contribution in [0.15, 0.2) is 23.8 Å². The molecule has 3 aliphatic carbocycles. The maximum Gasteiger partial charge on any atom is 0.223 e. The number of unbranched alkanes of at least 4 members (excludes halogenated alkanes) is 2. The molecule has 0 bridgehead atoms. The topological polar surface area (TPSA) is 103 Å². The lowest BCUT2D eigenvalue weighted by molar-refractivity contribution is -0.126. The fourth-order valence-electron chi connectivity index (χ4n) is 7.26. The zero-order chi connectivity index (χ0) is 29.9. The second-order valence-corrected chi connectivity index (χ2v) is 15.2. The minimum absolute atomic E-state index is 0.151. The summed E-state index contributed by atoms with van der Waals surface area (Å²) in [6, 6.07) is 0.932. The van der Waals surface area contributed by atoms with Gasteiger partial charge in [0.05, 0.1) is 12.3 Å². The summed E-state index contributed by atoms with van der Waals surface area (Å²) in [6.45, 7) is 12.2. The van der Waals surface area contributed by atoms with Crippen LogP contribution in [0, 0.1) is 17.8 Å². The molecule has 2 saturated carbocycles. The molecule has 1 amide bonds. The van der Waals surface area contributed by atoms with Crippen LogP contribution < -0.4 is 32.3 Å². The summed E-state index contributed by atoms with van der Waals surface area (Å²) in [6.07, 6.45) is 19.5. The average Bonchev–Trinajstić information content (AvgIpc) is 3.13. The molecule has 0 aromatic rings. The van der Waals surface area contributed by atoms with E-state index in [1.807, 2.05) is 0 Å². The Labute approximate surface area is 261 Å². The van der Waals surface area contributed by atoms with E-state index >= 15 is 0 Å². The number of carbonyl (C=O) groups is 1. The SMILES string of the molecule is C=C1CCC(NC2CC(NC3CCC(C(=O)NCCC4=CCC(C)C(C)CC4)CC3)NC(N)N2)CC1SCCCCC. The summed E-state index contributed by atoms with van der Waals surface area (Å²) < 4.78 is 0.